The standard InChI is InChI=1S/C9H18O/c1-7-5-6-8(10-7)9(2,3)4/h7-8H,5-6H2,1-4H3/t7-,8+/m0/s1. The van der Waals surface area contributed by atoms with Crippen molar-refractivity contribution in [3.63, 3.8) is 0 Å². The topological polar surface area (TPSA) is 9.23 Å². The monoisotopic (exact) mass is 142 g/mol. The van der Waals surface area contributed by atoms with Gasteiger partial charge in [-0.15, -0.1) is 0 Å². The van der Waals surface area contributed by atoms with Crippen molar-refractivity contribution in [2.24, 2.45) is 5.41 Å². The summed E-state index contributed by atoms with van der Waals surface area (Å²) in [6.07, 6.45) is 3.46. The minimum atomic E-state index is 0.338. The largest absolute Gasteiger partial charge is 0.375 e. The first-order chi connectivity index (χ1) is 4.50. The normalized spacial score (nSPS) is 34.8. The highest BCUT2D eigenvalue weighted by Gasteiger charge is 2.31. The summed E-state index contributed by atoms with van der Waals surface area (Å²) >= 11 is 0. The Morgan fingerprint density at radius 3 is 2.00 bits per heavy atom. The highest BCUT2D eigenvalue weighted by Crippen LogP contribution is 2.32. The maximum atomic E-state index is 5.73. The van der Waals surface area contributed by atoms with Crippen LogP contribution < -0.4 is 0 Å². The molecule has 0 aliphatic carbocycles. The molecule has 1 aliphatic rings. The fourth-order valence-electron chi connectivity index (χ4n) is 1.44. The lowest BCUT2D eigenvalue weighted by molar-refractivity contribution is -0.00812. The van der Waals surface area contributed by atoms with E-state index in [4.69, 9.17) is 4.74 Å². The maximum absolute atomic E-state index is 5.73. The fourth-order valence-corrected chi connectivity index (χ4v) is 1.44. The van der Waals surface area contributed by atoms with Gasteiger partial charge in [-0.25, -0.2) is 0 Å². The Bertz CT molecular complexity index is 112. The summed E-state index contributed by atoms with van der Waals surface area (Å²) in [5.41, 5.74) is 0.338. The van der Waals surface area contributed by atoms with Gasteiger partial charge in [0, 0.05) is 0 Å². The molecule has 0 N–H and O–H groups in total. The first-order valence-corrected chi connectivity index (χ1v) is 4.15. The lowest BCUT2D eigenvalue weighted by Crippen LogP contribution is -2.25. The predicted octanol–water partition coefficient (Wildman–Crippen LogP) is 2.60. The molecule has 1 heterocycles. The summed E-state index contributed by atoms with van der Waals surface area (Å²) < 4.78 is 5.73. The Kier molecular flexibility index (Phi) is 2.04. The highest BCUT2D eigenvalue weighted by atomic mass is 16.5. The van der Waals surface area contributed by atoms with E-state index in [2.05, 4.69) is 27.7 Å². The maximum Gasteiger partial charge on any atom is 0.0627 e. The van der Waals surface area contributed by atoms with Crippen LogP contribution in [0, 0.1) is 5.41 Å². The summed E-state index contributed by atoms with van der Waals surface area (Å²) in [5.74, 6) is 0. The average molecular weight is 142 g/mol. The van der Waals surface area contributed by atoms with E-state index in [0.717, 1.165) is 0 Å². The van der Waals surface area contributed by atoms with Crippen LogP contribution in [0.4, 0.5) is 0 Å². The summed E-state index contributed by atoms with van der Waals surface area (Å²) in [6, 6.07) is 0. The Labute approximate surface area is 63.8 Å². The minimum absolute atomic E-state index is 0.338. The van der Waals surface area contributed by atoms with Crippen molar-refractivity contribution in [1.82, 2.24) is 0 Å². The quantitative estimate of drug-likeness (QED) is 0.505. The third kappa shape index (κ3) is 1.72. The third-order valence-corrected chi connectivity index (χ3v) is 2.20. The van der Waals surface area contributed by atoms with Crippen molar-refractivity contribution in [3.05, 3.63) is 0 Å². The van der Waals surface area contributed by atoms with E-state index in [1.807, 2.05) is 0 Å². The lowest BCUT2D eigenvalue weighted by Gasteiger charge is -2.26. The van der Waals surface area contributed by atoms with Crippen molar-refractivity contribution >= 4 is 0 Å². The van der Waals surface area contributed by atoms with Crippen LogP contribution in [0.1, 0.15) is 40.5 Å². The van der Waals surface area contributed by atoms with E-state index < -0.39 is 0 Å². The molecule has 0 aromatic heterocycles. The molecular formula is C9H18O. The smallest absolute Gasteiger partial charge is 0.0627 e. The van der Waals surface area contributed by atoms with E-state index in [9.17, 15) is 0 Å². The molecule has 1 aliphatic heterocycles. The molecule has 10 heavy (non-hydrogen) atoms. The van der Waals surface area contributed by atoms with Gasteiger partial charge in [-0.2, -0.15) is 0 Å². The van der Waals surface area contributed by atoms with Crippen LogP contribution in [0.25, 0.3) is 0 Å². The van der Waals surface area contributed by atoms with E-state index in [1.165, 1.54) is 12.8 Å². The van der Waals surface area contributed by atoms with Crippen LogP contribution in [0.15, 0.2) is 0 Å². The lowest BCUT2D eigenvalue weighted by atomic mass is 9.87. The van der Waals surface area contributed by atoms with Crippen molar-refractivity contribution in [1.29, 1.82) is 0 Å². The van der Waals surface area contributed by atoms with Gasteiger partial charge in [0.2, 0.25) is 0 Å². The molecule has 2 atom stereocenters. The second-order valence-corrected chi connectivity index (χ2v) is 4.38. The Morgan fingerprint density at radius 1 is 1.20 bits per heavy atom. The van der Waals surface area contributed by atoms with Crippen LogP contribution in [0.2, 0.25) is 0 Å². The fraction of sp³-hybridized carbons (Fsp3) is 1.00. The SMILES string of the molecule is C[C@H]1CC[C@H](C(C)(C)C)O1. The summed E-state index contributed by atoms with van der Waals surface area (Å²) in [6.45, 7) is 8.90. The first kappa shape index (κ1) is 8.06. The van der Waals surface area contributed by atoms with Crippen LogP contribution in [-0.2, 0) is 4.74 Å². The first-order valence-electron chi connectivity index (χ1n) is 4.15. The van der Waals surface area contributed by atoms with Gasteiger partial charge in [-0.1, -0.05) is 20.8 Å². The second-order valence-electron chi connectivity index (χ2n) is 4.38. The molecule has 0 bridgehead atoms. The zero-order valence-corrected chi connectivity index (χ0v) is 7.48. The van der Waals surface area contributed by atoms with Crippen molar-refractivity contribution in [3.8, 4) is 0 Å². The molecule has 0 spiro atoms. The average Bonchev–Trinajstić information content (AvgIpc) is 2.11. The molecule has 0 unspecified atom stereocenters. The van der Waals surface area contributed by atoms with Gasteiger partial charge in [0.1, 0.15) is 0 Å². The van der Waals surface area contributed by atoms with Gasteiger partial charge >= 0.3 is 0 Å². The van der Waals surface area contributed by atoms with E-state index in [0.29, 0.717) is 17.6 Å². The summed E-state index contributed by atoms with van der Waals surface area (Å²) in [4.78, 5) is 0. The van der Waals surface area contributed by atoms with E-state index >= 15 is 0 Å². The molecule has 1 fully saturated rings. The molecule has 0 aromatic carbocycles. The van der Waals surface area contributed by atoms with Crippen LogP contribution >= 0.6 is 0 Å². The van der Waals surface area contributed by atoms with Crippen molar-refractivity contribution < 1.29 is 4.74 Å². The molecule has 1 saturated heterocycles. The minimum Gasteiger partial charge on any atom is -0.375 e. The van der Waals surface area contributed by atoms with Gasteiger partial charge in [-0.3, -0.25) is 0 Å². The molecular weight excluding hydrogens is 124 g/mol. The predicted molar refractivity (Wildman–Crippen MR) is 43.0 cm³/mol. The molecule has 0 saturated carbocycles. The molecule has 60 valence electrons. The Balaban J connectivity index is 2.45. The van der Waals surface area contributed by atoms with Gasteiger partial charge in [-0.05, 0) is 25.2 Å². The van der Waals surface area contributed by atoms with E-state index in [-0.39, 0.29) is 0 Å². The van der Waals surface area contributed by atoms with Gasteiger partial charge in [0.15, 0.2) is 0 Å². The molecule has 0 amide bonds. The van der Waals surface area contributed by atoms with Crippen LogP contribution in [-0.4, -0.2) is 12.2 Å². The third-order valence-electron chi connectivity index (χ3n) is 2.20. The molecule has 1 rings (SSSR count). The zero-order chi connectivity index (χ0) is 7.78. The Morgan fingerprint density at radius 2 is 1.80 bits per heavy atom. The summed E-state index contributed by atoms with van der Waals surface area (Å²) in [5, 5.41) is 0. The van der Waals surface area contributed by atoms with Gasteiger partial charge in [0.05, 0.1) is 12.2 Å². The number of hydrogen-bond donors (Lipinski definition) is 0. The molecule has 1 heteroatoms. The van der Waals surface area contributed by atoms with Crippen LogP contribution in [0.5, 0.6) is 0 Å². The van der Waals surface area contributed by atoms with Gasteiger partial charge < -0.3 is 4.74 Å². The molecule has 1 nitrogen and oxygen atoms in total. The Hall–Kier alpha value is -0.0400. The van der Waals surface area contributed by atoms with Gasteiger partial charge in [0.25, 0.3) is 0 Å². The van der Waals surface area contributed by atoms with Crippen LogP contribution in [0.3, 0.4) is 0 Å². The highest BCUT2D eigenvalue weighted by molar-refractivity contribution is 4.80. The van der Waals surface area contributed by atoms with E-state index in [1.54, 1.807) is 0 Å². The number of ether oxygens (including phenoxy) is 1. The second kappa shape index (κ2) is 2.54. The van der Waals surface area contributed by atoms with Crippen molar-refractivity contribution in [2.45, 2.75) is 52.7 Å². The summed E-state index contributed by atoms with van der Waals surface area (Å²) in [7, 11) is 0. The number of hydrogen-bond acceptors (Lipinski definition) is 1. The zero-order valence-electron chi connectivity index (χ0n) is 7.48. The number of rotatable bonds is 0. The molecule has 0 aromatic rings. The molecule has 0 radical (unpaired) electrons. The van der Waals surface area contributed by atoms with Crippen molar-refractivity contribution in [2.75, 3.05) is 0 Å².